The van der Waals surface area contributed by atoms with Crippen LogP contribution in [0.3, 0.4) is 0 Å². The zero-order valence-electron chi connectivity index (χ0n) is 12.8. The summed E-state index contributed by atoms with van der Waals surface area (Å²) in [6.07, 6.45) is 6.02. The van der Waals surface area contributed by atoms with Crippen molar-refractivity contribution in [2.45, 2.75) is 31.7 Å². The molecule has 1 aromatic rings. The third kappa shape index (κ3) is 3.24. The summed E-state index contributed by atoms with van der Waals surface area (Å²) in [5.41, 5.74) is 1.07. The van der Waals surface area contributed by atoms with E-state index in [4.69, 9.17) is 9.47 Å². The van der Waals surface area contributed by atoms with E-state index in [1.165, 1.54) is 6.42 Å². The fourth-order valence-corrected chi connectivity index (χ4v) is 2.39. The van der Waals surface area contributed by atoms with Crippen LogP contribution in [0.1, 0.15) is 36.5 Å². The summed E-state index contributed by atoms with van der Waals surface area (Å²) in [7, 11) is 3.49. The van der Waals surface area contributed by atoms with E-state index >= 15 is 0 Å². The third-order valence-corrected chi connectivity index (χ3v) is 3.93. The number of nitrogens with one attached hydrogen (secondary N) is 1. The standard InChI is InChI=1S/C16H22N2O3/c1-4-21-15-9-13(12(10-19)8-14(15)20-3)18-11-16(17-2)6-5-7-16/h8-11,17H,4-7H2,1-3H3. The fraction of sp³-hybridized carbons (Fsp3) is 0.500. The van der Waals surface area contributed by atoms with Crippen molar-refractivity contribution in [3.05, 3.63) is 17.7 Å². The van der Waals surface area contributed by atoms with Gasteiger partial charge >= 0.3 is 0 Å². The average Bonchev–Trinajstić information content (AvgIpc) is 2.47. The van der Waals surface area contributed by atoms with Crippen LogP contribution in [0.2, 0.25) is 0 Å². The highest BCUT2D eigenvalue weighted by Crippen LogP contribution is 2.35. The Morgan fingerprint density at radius 1 is 1.38 bits per heavy atom. The number of carbonyl (C=O) groups excluding carboxylic acids is 1. The number of carbonyl (C=O) groups is 1. The summed E-state index contributed by atoms with van der Waals surface area (Å²) in [5, 5.41) is 3.29. The van der Waals surface area contributed by atoms with E-state index in [0.29, 0.717) is 29.4 Å². The fourth-order valence-electron chi connectivity index (χ4n) is 2.39. The number of aliphatic imine (C=N–C) groups is 1. The van der Waals surface area contributed by atoms with Gasteiger partial charge in [0.25, 0.3) is 0 Å². The quantitative estimate of drug-likeness (QED) is 0.619. The van der Waals surface area contributed by atoms with Crippen molar-refractivity contribution in [1.29, 1.82) is 0 Å². The van der Waals surface area contributed by atoms with Gasteiger partial charge in [-0.15, -0.1) is 0 Å². The number of aldehydes is 1. The SMILES string of the molecule is CCOc1cc(N=CC2(NC)CCC2)c(C=O)cc1OC. The van der Waals surface area contributed by atoms with Crippen LogP contribution in [-0.2, 0) is 0 Å². The number of benzene rings is 1. The summed E-state index contributed by atoms with van der Waals surface area (Å²) in [6, 6.07) is 3.42. The molecule has 1 fully saturated rings. The van der Waals surface area contributed by atoms with Crippen LogP contribution in [0.15, 0.2) is 17.1 Å². The molecule has 1 aromatic carbocycles. The molecule has 114 valence electrons. The maximum absolute atomic E-state index is 11.3. The molecule has 2 rings (SSSR count). The molecule has 0 aromatic heterocycles. The molecular weight excluding hydrogens is 268 g/mol. The van der Waals surface area contributed by atoms with Crippen LogP contribution in [0, 0.1) is 0 Å². The van der Waals surface area contributed by atoms with Crippen LogP contribution >= 0.6 is 0 Å². The molecule has 1 N–H and O–H groups in total. The van der Waals surface area contributed by atoms with E-state index in [2.05, 4.69) is 10.3 Å². The van der Waals surface area contributed by atoms with E-state index in [0.717, 1.165) is 19.1 Å². The van der Waals surface area contributed by atoms with Crippen LogP contribution in [-0.4, -0.2) is 38.8 Å². The molecule has 1 aliphatic carbocycles. The molecule has 21 heavy (non-hydrogen) atoms. The lowest BCUT2D eigenvalue weighted by Crippen LogP contribution is -2.50. The Bertz CT molecular complexity index is 531. The zero-order valence-corrected chi connectivity index (χ0v) is 12.8. The van der Waals surface area contributed by atoms with Crippen molar-refractivity contribution >= 4 is 18.2 Å². The minimum atomic E-state index is -0.0359. The Morgan fingerprint density at radius 3 is 2.62 bits per heavy atom. The molecule has 5 heteroatoms. The average molecular weight is 290 g/mol. The molecule has 0 bridgehead atoms. The Balaban J connectivity index is 2.34. The largest absolute Gasteiger partial charge is 0.493 e. The highest BCUT2D eigenvalue weighted by molar-refractivity contribution is 5.87. The first-order valence-electron chi connectivity index (χ1n) is 7.22. The Kier molecular flexibility index (Phi) is 4.96. The topological polar surface area (TPSA) is 59.9 Å². The minimum absolute atomic E-state index is 0.0359. The van der Waals surface area contributed by atoms with E-state index in [1.807, 2.05) is 20.2 Å². The van der Waals surface area contributed by atoms with Gasteiger partial charge in [-0.3, -0.25) is 9.79 Å². The highest BCUT2D eigenvalue weighted by atomic mass is 16.5. The second-order valence-electron chi connectivity index (χ2n) is 5.13. The van der Waals surface area contributed by atoms with Gasteiger partial charge in [-0.2, -0.15) is 0 Å². The number of nitrogens with zero attached hydrogens (tertiary/aromatic N) is 1. The number of methoxy groups -OCH3 is 1. The van der Waals surface area contributed by atoms with Gasteiger partial charge in [-0.05, 0) is 39.3 Å². The predicted molar refractivity (Wildman–Crippen MR) is 83.3 cm³/mol. The number of hydrogen-bond acceptors (Lipinski definition) is 5. The molecule has 0 radical (unpaired) electrons. The molecule has 0 saturated heterocycles. The van der Waals surface area contributed by atoms with Crippen molar-refractivity contribution in [2.24, 2.45) is 4.99 Å². The van der Waals surface area contributed by atoms with E-state index in [-0.39, 0.29) is 5.54 Å². The maximum Gasteiger partial charge on any atom is 0.163 e. The van der Waals surface area contributed by atoms with Crippen molar-refractivity contribution in [3.63, 3.8) is 0 Å². The van der Waals surface area contributed by atoms with Gasteiger partial charge in [-0.1, -0.05) is 0 Å². The van der Waals surface area contributed by atoms with Crippen LogP contribution < -0.4 is 14.8 Å². The number of ether oxygens (including phenoxy) is 2. The van der Waals surface area contributed by atoms with E-state index in [1.54, 1.807) is 19.2 Å². The van der Waals surface area contributed by atoms with Gasteiger partial charge < -0.3 is 14.8 Å². The maximum atomic E-state index is 11.3. The lowest BCUT2D eigenvalue weighted by molar-refractivity contribution is 0.112. The molecule has 0 heterocycles. The lowest BCUT2D eigenvalue weighted by Gasteiger charge is -2.38. The second kappa shape index (κ2) is 6.72. The highest BCUT2D eigenvalue weighted by Gasteiger charge is 2.33. The molecule has 0 unspecified atom stereocenters. The van der Waals surface area contributed by atoms with Crippen molar-refractivity contribution in [1.82, 2.24) is 5.32 Å². The summed E-state index contributed by atoms with van der Waals surface area (Å²) >= 11 is 0. The molecular formula is C16H22N2O3. The van der Waals surface area contributed by atoms with E-state index < -0.39 is 0 Å². The molecule has 1 saturated carbocycles. The molecule has 1 aliphatic rings. The summed E-state index contributed by atoms with van der Waals surface area (Å²) in [4.78, 5) is 15.8. The molecule has 0 aliphatic heterocycles. The first kappa shape index (κ1) is 15.5. The second-order valence-corrected chi connectivity index (χ2v) is 5.13. The van der Waals surface area contributed by atoms with Gasteiger partial charge in [-0.25, -0.2) is 0 Å². The van der Waals surface area contributed by atoms with Crippen molar-refractivity contribution in [2.75, 3.05) is 20.8 Å². The minimum Gasteiger partial charge on any atom is -0.493 e. The molecule has 0 amide bonds. The number of hydrogen-bond donors (Lipinski definition) is 1. The predicted octanol–water partition coefficient (Wildman–Crippen LogP) is 2.75. The molecule has 0 atom stereocenters. The first-order chi connectivity index (χ1) is 10.2. The van der Waals surface area contributed by atoms with Crippen molar-refractivity contribution in [3.8, 4) is 11.5 Å². The lowest BCUT2D eigenvalue weighted by atomic mass is 9.78. The van der Waals surface area contributed by atoms with Gasteiger partial charge in [0, 0.05) is 17.8 Å². The van der Waals surface area contributed by atoms with Crippen LogP contribution in [0.4, 0.5) is 5.69 Å². The van der Waals surface area contributed by atoms with E-state index in [9.17, 15) is 4.79 Å². The molecule has 5 nitrogen and oxygen atoms in total. The zero-order chi connectivity index (χ0) is 15.3. The van der Waals surface area contributed by atoms with Gasteiger partial charge in [0.15, 0.2) is 17.8 Å². The Hall–Kier alpha value is -1.88. The Labute approximate surface area is 125 Å². The number of rotatable bonds is 7. The van der Waals surface area contributed by atoms with Crippen LogP contribution in [0.25, 0.3) is 0 Å². The Morgan fingerprint density at radius 2 is 2.14 bits per heavy atom. The smallest absolute Gasteiger partial charge is 0.163 e. The van der Waals surface area contributed by atoms with Gasteiger partial charge in [0.05, 0.1) is 24.9 Å². The summed E-state index contributed by atoms with van der Waals surface area (Å²) in [6.45, 7) is 2.43. The van der Waals surface area contributed by atoms with Gasteiger partial charge in [0.1, 0.15) is 0 Å². The van der Waals surface area contributed by atoms with Gasteiger partial charge in [0.2, 0.25) is 0 Å². The van der Waals surface area contributed by atoms with Crippen molar-refractivity contribution < 1.29 is 14.3 Å². The monoisotopic (exact) mass is 290 g/mol. The third-order valence-electron chi connectivity index (χ3n) is 3.93. The molecule has 0 spiro atoms. The summed E-state index contributed by atoms with van der Waals surface area (Å²) in [5.74, 6) is 1.15. The first-order valence-corrected chi connectivity index (χ1v) is 7.22. The normalized spacial score (nSPS) is 16.5. The van der Waals surface area contributed by atoms with Crippen LogP contribution in [0.5, 0.6) is 11.5 Å². The summed E-state index contributed by atoms with van der Waals surface area (Å²) < 4.78 is 10.8.